The summed E-state index contributed by atoms with van der Waals surface area (Å²) in [6, 6.07) is 17.1. The summed E-state index contributed by atoms with van der Waals surface area (Å²) >= 11 is 0. The summed E-state index contributed by atoms with van der Waals surface area (Å²) in [6.07, 6.45) is 1.83. The van der Waals surface area contributed by atoms with Crippen LogP contribution in [0.1, 0.15) is 23.1 Å². The molecular formula is C32H36F3N7. The van der Waals surface area contributed by atoms with Gasteiger partial charge in [-0.25, -0.2) is 9.97 Å². The Kier molecular flexibility index (Phi) is 9.34. The van der Waals surface area contributed by atoms with Crippen molar-refractivity contribution < 1.29 is 13.2 Å². The lowest BCUT2D eigenvalue weighted by Gasteiger charge is -2.33. The highest BCUT2D eigenvalue weighted by Gasteiger charge is 2.30. The summed E-state index contributed by atoms with van der Waals surface area (Å²) in [7, 11) is 2.15. The molecule has 1 aliphatic heterocycles. The van der Waals surface area contributed by atoms with Crippen LogP contribution in [-0.2, 0) is 12.7 Å². The second-order valence-electron chi connectivity index (χ2n) is 10.7. The summed E-state index contributed by atoms with van der Waals surface area (Å²) < 4.78 is 39.2. The minimum atomic E-state index is -4.38. The number of anilines is 3. The van der Waals surface area contributed by atoms with E-state index in [1.165, 1.54) is 12.1 Å². The second kappa shape index (κ2) is 13.3. The van der Waals surface area contributed by atoms with Gasteiger partial charge in [-0.3, -0.25) is 4.98 Å². The maximum atomic E-state index is 13.1. The molecule has 0 aliphatic carbocycles. The highest BCUT2D eigenvalue weighted by Crippen LogP contribution is 2.31. The SMILES string of the molecule is Cc1cnccc1Nc1ccc(CN(CCCN2CCN(C)CC2)c2nccc(-c3ccc(C(F)(F)F)cc3)n2)cc1. The first-order valence-corrected chi connectivity index (χ1v) is 14.2. The minimum Gasteiger partial charge on any atom is -0.355 e. The van der Waals surface area contributed by atoms with Crippen LogP contribution in [0.2, 0.25) is 0 Å². The van der Waals surface area contributed by atoms with E-state index in [0.29, 0.717) is 23.8 Å². The zero-order valence-electron chi connectivity index (χ0n) is 24.0. The average molecular weight is 576 g/mol. The molecule has 1 N–H and O–H groups in total. The summed E-state index contributed by atoms with van der Waals surface area (Å²) in [5.41, 5.74) is 4.69. The van der Waals surface area contributed by atoms with E-state index in [0.717, 1.165) is 80.3 Å². The molecule has 1 aliphatic rings. The Labute approximate surface area is 245 Å². The third kappa shape index (κ3) is 7.83. The molecule has 0 atom stereocenters. The van der Waals surface area contributed by atoms with Crippen molar-refractivity contribution in [2.75, 3.05) is 56.5 Å². The van der Waals surface area contributed by atoms with Crippen molar-refractivity contribution in [3.05, 3.63) is 95.9 Å². The number of nitrogens with zero attached hydrogens (tertiary/aromatic N) is 6. The number of aromatic nitrogens is 3. The van der Waals surface area contributed by atoms with Crippen molar-refractivity contribution in [2.24, 2.45) is 0 Å². The van der Waals surface area contributed by atoms with E-state index in [9.17, 15) is 13.2 Å². The number of aryl methyl sites for hydroxylation is 1. The lowest BCUT2D eigenvalue weighted by Crippen LogP contribution is -2.45. The molecule has 0 amide bonds. The quantitative estimate of drug-likeness (QED) is 0.240. The lowest BCUT2D eigenvalue weighted by atomic mass is 10.1. The van der Waals surface area contributed by atoms with E-state index >= 15 is 0 Å². The van der Waals surface area contributed by atoms with Crippen LogP contribution in [0, 0.1) is 6.92 Å². The van der Waals surface area contributed by atoms with Crippen LogP contribution in [0.3, 0.4) is 0 Å². The Balaban J connectivity index is 1.32. The normalized spacial score (nSPS) is 14.6. The van der Waals surface area contributed by atoms with Gasteiger partial charge in [-0.05, 0) is 74.5 Å². The Hall–Kier alpha value is -4.02. The van der Waals surface area contributed by atoms with Gasteiger partial charge in [0.15, 0.2) is 0 Å². The molecule has 0 bridgehead atoms. The molecule has 0 spiro atoms. The standard InChI is InChI=1S/C32H36F3N7/c1-24-22-36-14-12-29(24)38-28-10-4-25(5-11-28)23-42(17-3-16-41-20-18-40(2)19-21-41)31-37-15-13-30(39-31)26-6-8-27(9-7-26)32(33,34)35/h4-15,22H,3,16-21,23H2,1-2H3,(H,36,38). The molecule has 0 unspecified atom stereocenters. The number of nitrogens with one attached hydrogen (secondary N) is 1. The number of likely N-dealkylation sites (N-methyl/N-ethyl adjacent to an activating group) is 1. The van der Waals surface area contributed by atoms with E-state index in [-0.39, 0.29) is 0 Å². The van der Waals surface area contributed by atoms with Gasteiger partial charge in [-0.1, -0.05) is 24.3 Å². The van der Waals surface area contributed by atoms with Crippen LogP contribution in [-0.4, -0.2) is 71.1 Å². The van der Waals surface area contributed by atoms with Gasteiger partial charge in [-0.2, -0.15) is 13.2 Å². The lowest BCUT2D eigenvalue weighted by molar-refractivity contribution is -0.137. The monoisotopic (exact) mass is 575 g/mol. The van der Waals surface area contributed by atoms with Crippen molar-refractivity contribution in [3.63, 3.8) is 0 Å². The van der Waals surface area contributed by atoms with E-state index in [2.05, 4.69) is 61.3 Å². The third-order valence-corrected chi connectivity index (χ3v) is 7.56. The summed E-state index contributed by atoms with van der Waals surface area (Å²) in [5.74, 6) is 0.556. The molecule has 2 aromatic heterocycles. The van der Waals surface area contributed by atoms with Crippen LogP contribution in [0.15, 0.2) is 79.3 Å². The van der Waals surface area contributed by atoms with E-state index in [1.807, 2.05) is 19.2 Å². The number of rotatable bonds is 10. The Morgan fingerprint density at radius 2 is 1.64 bits per heavy atom. The van der Waals surface area contributed by atoms with Crippen LogP contribution in [0.4, 0.5) is 30.5 Å². The zero-order valence-corrected chi connectivity index (χ0v) is 24.0. The number of alkyl halides is 3. The number of benzene rings is 2. The van der Waals surface area contributed by atoms with Gasteiger partial charge in [-0.15, -0.1) is 0 Å². The van der Waals surface area contributed by atoms with Crippen molar-refractivity contribution in [2.45, 2.75) is 26.1 Å². The first kappa shape index (κ1) is 29.5. The fourth-order valence-corrected chi connectivity index (χ4v) is 4.98. The highest BCUT2D eigenvalue weighted by molar-refractivity contribution is 5.63. The Morgan fingerprint density at radius 3 is 2.33 bits per heavy atom. The molecule has 0 radical (unpaired) electrons. The van der Waals surface area contributed by atoms with E-state index in [1.54, 1.807) is 18.5 Å². The van der Waals surface area contributed by atoms with Gasteiger partial charge in [0, 0.05) is 74.8 Å². The topological polar surface area (TPSA) is 60.4 Å². The maximum Gasteiger partial charge on any atom is 0.416 e. The van der Waals surface area contributed by atoms with Gasteiger partial charge >= 0.3 is 6.18 Å². The summed E-state index contributed by atoms with van der Waals surface area (Å²) in [4.78, 5) is 20.5. The van der Waals surface area contributed by atoms with Gasteiger partial charge in [0.05, 0.1) is 11.3 Å². The molecular weight excluding hydrogens is 539 g/mol. The van der Waals surface area contributed by atoms with Crippen molar-refractivity contribution in [1.29, 1.82) is 0 Å². The predicted molar refractivity (Wildman–Crippen MR) is 161 cm³/mol. The first-order valence-electron chi connectivity index (χ1n) is 14.2. The molecule has 10 heteroatoms. The van der Waals surface area contributed by atoms with Gasteiger partial charge in [0.1, 0.15) is 0 Å². The highest BCUT2D eigenvalue weighted by atomic mass is 19.4. The third-order valence-electron chi connectivity index (χ3n) is 7.56. The molecule has 1 saturated heterocycles. The largest absolute Gasteiger partial charge is 0.416 e. The number of piperazine rings is 1. The maximum absolute atomic E-state index is 13.1. The predicted octanol–water partition coefficient (Wildman–Crippen LogP) is 6.25. The molecule has 7 nitrogen and oxygen atoms in total. The van der Waals surface area contributed by atoms with Crippen LogP contribution >= 0.6 is 0 Å². The van der Waals surface area contributed by atoms with Gasteiger partial charge in [0.2, 0.25) is 5.95 Å². The molecule has 5 rings (SSSR count). The van der Waals surface area contributed by atoms with Crippen LogP contribution in [0.25, 0.3) is 11.3 Å². The van der Waals surface area contributed by atoms with Crippen molar-refractivity contribution in [3.8, 4) is 11.3 Å². The number of hydrogen-bond acceptors (Lipinski definition) is 7. The van der Waals surface area contributed by atoms with Gasteiger partial charge in [0.25, 0.3) is 0 Å². The van der Waals surface area contributed by atoms with Crippen molar-refractivity contribution >= 4 is 17.3 Å². The molecule has 0 saturated carbocycles. The second-order valence-corrected chi connectivity index (χ2v) is 10.7. The minimum absolute atomic E-state index is 0.556. The average Bonchev–Trinajstić information content (AvgIpc) is 2.99. The van der Waals surface area contributed by atoms with Gasteiger partial charge < -0.3 is 20.0 Å². The first-order chi connectivity index (χ1) is 20.2. The number of pyridine rings is 1. The molecule has 42 heavy (non-hydrogen) atoms. The summed E-state index contributed by atoms with van der Waals surface area (Å²) in [5, 5.41) is 3.44. The summed E-state index contributed by atoms with van der Waals surface area (Å²) in [6.45, 7) is 8.61. The Morgan fingerprint density at radius 1 is 0.905 bits per heavy atom. The smallest absolute Gasteiger partial charge is 0.355 e. The fourth-order valence-electron chi connectivity index (χ4n) is 4.98. The number of hydrogen-bond donors (Lipinski definition) is 1. The molecule has 2 aromatic carbocycles. The molecule has 1 fully saturated rings. The molecule has 220 valence electrons. The van der Waals surface area contributed by atoms with E-state index < -0.39 is 11.7 Å². The van der Waals surface area contributed by atoms with Crippen LogP contribution in [0.5, 0.6) is 0 Å². The zero-order chi connectivity index (χ0) is 29.5. The molecule has 4 aromatic rings. The van der Waals surface area contributed by atoms with Crippen LogP contribution < -0.4 is 10.2 Å². The number of halogens is 3. The van der Waals surface area contributed by atoms with Crippen molar-refractivity contribution in [1.82, 2.24) is 24.8 Å². The van der Waals surface area contributed by atoms with E-state index in [4.69, 9.17) is 4.98 Å². The molecule has 3 heterocycles. The Bertz CT molecular complexity index is 1430. The fraction of sp³-hybridized carbons (Fsp3) is 0.344.